The highest BCUT2D eigenvalue weighted by molar-refractivity contribution is 5.93. The second-order valence-corrected chi connectivity index (χ2v) is 5.88. The highest BCUT2D eigenvalue weighted by Gasteiger charge is 2.29. The van der Waals surface area contributed by atoms with Gasteiger partial charge in [0.05, 0.1) is 12.8 Å². The molecule has 0 atom stereocenters. The molecule has 0 fully saturated rings. The number of carbonyl (C=O) groups excluding carboxylic acids is 1. The lowest BCUT2D eigenvalue weighted by Gasteiger charge is -2.12. The van der Waals surface area contributed by atoms with E-state index in [0.717, 1.165) is 40.9 Å². The lowest BCUT2D eigenvalue weighted by molar-refractivity contribution is 0.0513. The molecular weight excluding hydrogens is 304 g/mol. The molecule has 5 heteroatoms. The van der Waals surface area contributed by atoms with Gasteiger partial charge >= 0.3 is 5.97 Å². The highest BCUT2D eigenvalue weighted by Crippen LogP contribution is 2.37. The third-order valence-electron chi connectivity index (χ3n) is 4.38. The van der Waals surface area contributed by atoms with Crippen LogP contribution in [0, 0.1) is 0 Å². The maximum absolute atomic E-state index is 12.5. The van der Waals surface area contributed by atoms with Crippen molar-refractivity contribution in [2.75, 3.05) is 6.61 Å². The first-order valence-electron chi connectivity index (χ1n) is 8.15. The van der Waals surface area contributed by atoms with Crippen molar-refractivity contribution in [3.63, 3.8) is 0 Å². The van der Waals surface area contributed by atoms with Crippen molar-refractivity contribution < 1.29 is 14.1 Å². The molecule has 5 nitrogen and oxygen atoms in total. The quantitative estimate of drug-likeness (QED) is 0.690. The molecule has 3 aromatic rings. The molecule has 2 aromatic heterocycles. The predicted molar refractivity (Wildman–Crippen MR) is 88.8 cm³/mol. The highest BCUT2D eigenvalue weighted by atomic mass is 16.5. The normalized spacial score (nSPS) is 12.5. The number of hydrogen-bond acceptors (Lipinski definition) is 4. The van der Waals surface area contributed by atoms with Crippen molar-refractivity contribution in [3.05, 3.63) is 65.1 Å². The van der Waals surface area contributed by atoms with Crippen LogP contribution in [0.5, 0.6) is 0 Å². The molecule has 0 saturated carbocycles. The Morgan fingerprint density at radius 1 is 1.29 bits per heavy atom. The number of aryl methyl sites for hydroxylation is 1. The second kappa shape index (κ2) is 6.00. The largest absolute Gasteiger partial charge is 0.461 e. The van der Waals surface area contributed by atoms with Crippen LogP contribution in [0.3, 0.4) is 0 Å². The van der Waals surface area contributed by atoms with Gasteiger partial charge in [-0.15, -0.1) is 0 Å². The molecule has 122 valence electrons. The zero-order valence-electron chi connectivity index (χ0n) is 13.5. The Morgan fingerprint density at radius 3 is 2.92 bits per heavy atom. The van der Waals surface area contributed by atoms with Gasteiger partial charge in [-0.05, 0) is 30.9 Å². The summed E-state index contributed by atoms with van der Waals surface area (Å²) in [5.74, 6) is 0.492. The lowest BCUT2D eigenvalue weighted by atomic mass is 9.93. The number of carbonyl (C=O) groups is 1. The van der Waals surface area contributed by atoms with Crippen molar-refractivity contribution in [2.24, 2.45) is 0 Å². The monoisotopic (exact) mass is 322 g/mol. The molecule has 1 aliphatic carbocycles. The van der Waals surface area contributed by atoms with Crippen LogP contribution >= 0.6 is 0 Å². The van der Waals surface area contributed by atoms with Gasteiger partial charge in [0.15, 0.2) is 5.76 Å². The summed E-state index contributed by atoms with van der Waals surface area (Å²) in [6.07, 6.45) is 5.36. The Morgan fingerprint density at radius 2 is 2.12 bits per heavy atom. The molecule has 24 heavy (non-hydrogen) atoms. The third-order valence-corrected chi connectivity index (χ3v) is 4.38. The van der Waals surface area contributed by atoms with Gasteiger partial charge in [0.25, 0.3) is 0 Å². The van der Waals surface area contributed by atoms with Crippen LogP contribution in [0.1, 0.15) is 34.1 Å². The van der Waals surface area contributed by atoms with Crippen molar-refractivity contribution >= 4 is 5.97 Å². The number of benzene rings is 1. The van der Waals surface area contributed by atoms with Gasteiger partial charge in [-0.2, -0.15) is 0 Å². The fourth-order valence-electron chi connectivity index (χ4n) is 3.31. The molecular formula is C19H18N2O3. The third kappa shape index (κ3) is 2.42. The zero-order valence-corrected chi connectivity index (χ0v) is 13.5. The summed E-state index contributed by atoms with van der Waals surface area (Å²) in [5, 5.41) is 3.91. The van der Waals surface area contributed by atoms with E-state index in [1.165, 1.54) is 0 Å². The number of esters is 1. The Balaban J connectivity index is 1.82. The SMILES string of the molecule is CCOC(=O)c1c2c(cn1Cc1ccccc1)-c1oncc1CC2. The van der Waals surface area contributed by atoms with Crippen LogP contribution in [0.2, 0.25) is 0 Å². The van der Waals surface area contributed by atoms with Crippen LogP contribution in [0.15, 0.2) is 47.2 Å². The van der Waals surface area contributed by atoms with Crippen LogP contribution in [-0.2, 0) is 24.1 Å². The van der Waals surface area contributed by atoms with Crippen LogP contribution in [0.4, 0.5) is 0 Å². The average molecular weight is 322 g/mol. The summed E-state index contributed by atoms with van der Waals surface area (Å²) >= 11 is 0. The number of fused-ring (bicyclic) bond motifs is 3. The van der Waals surface area contributed by atoms with Gasteiger partial charge in [0, 0.05) is 23.9 Å². The van der Waals surface area contributed by atoms with E-state index >= 15 is 0 Å². The fourth-order valence-corrected chi connectivity index (χ4v) is 3.31. The van der Waals surface area contributed by atoms with Gasteiger partial charge in [-0.25, -0.2) is 4.79 Å². The number of nitrogens with zero attached hydrogens (tertiary/aromatic N) is 2. The Labute approximate surface area is 139 Å². The first-order chi connectivity index (χ1) is 11.8. The second-order valence-electron chi connectivity index (χ2n) is 5.88. The van der Waals surface area contributed by atoms with E-state index in [0.29, 0.717) is 18.8 Å². The van der Waals surface area contributed by atoms with Crippen molar-refractivity contribution in [1.29, 1.82) is 0 Å². The van der Waals surface area contributed by atoms with Crippen molar-refractivity contribution in [2.45, 2.75) is 26.3 Å². The minimum atomic E-state index is -0.280. The molecule has 0 aliphatic heterocycles. The van der Waals surface area contributed by atoms with Gasteiger partial charge in [0.1, 0.15) is 5.69 Å². The number of hydrogen-bond donors (Lipinski definition) is 0. The summed E-state index contributed by atoms with van der Waals surface area (Å²) in [6, 6.07) is 10.1. The van der Waals surface area contributed by atoms with E-state index in [2.05, 4.69) is 5.16 Å². The summed E-state index contributed by atoms with van der Waals surface area (Å²) < 4.78 is 12.7. The van der Waals surface area contributed by atoms with E-state index in [1.807, 2.05) is 48.0 Å². The van der Waals surface area contributed by atoms with Crippen molar-refractivity contribution in [1.82, 2.24) is 9.72 Å². The molecule has 0 N–H and O–H groups in total. The molecule has 2 heterocycles. The van der Waals surface area contributed by atoms with E-state index in [9.17, 15) is 4.79 Å². The van der Waals surface area contributed by atoms with Crippen molar-refractivity contribution in [3.8, 4) is 11.3 Å². The molecule has 0 unspecified atom stereocenters. The molecule has 0 saturated heterocycles. The number of aromatic nitrogens is 2. The maximum atomic E-state index is 12.5. The van der Waals surface area contributed by atoms with E-state index < -0.39 is 0 Å². The maximum Gasteiger partial charge on any atom is 0.355 e. The first kappa shape index (κ1) is 14.8. The molecule has 0 spiro atoms. The average Bonchev–Trinajstić information content (AvgIpc) is 3.19. The van der Waals surface area contributed by atoms with Gasteiger partial charge < -0.3 is 13.8 Å². The van der Waals surface area contributed by atoms with E-state index in [-0.39, 0.29) is 5.97 Å². The van der Waals surface area contributed by atoms with E-state index in [4.69, 9.17) is 9.26 Å². The molecule has 1 aromatic carbocycles. The summed E-state index contributed by atoms with van der Waals surface area (Å²) in [7, 11) is 0. The molecule has 1 aliphatic rings. The topological polar surface area (TPSA) is 57.3 Å². The lowest BCUT2D eigenvalue weighted by Crippen LogP contribution is -2.15. The van der Waals surface area contributed by atoms with Gasteiger partial charge in [0.2, 0.25) is 0 Å². The molecule has 0 amide bonds. The molecule has 0 radical (unpaired) electrons. The molecule has 0 bridgehead atoms. The fraction of sp³-hybridized carbons (Fsp3) is 0.263. The Kier molecular flexibility index (Phi) is 3.69. The smallest absolute Gasteiger partial charge is 0.355 e. The summed E-state index contributed by atoms with van der Waals surface area (Å²) in [4.78, 5) is 12.5. The number of ether oxygens (including phenoxy) is 1. The van der Waals surface area contributed by atoms with Gasteiger partial charge in [-0.3, -0.25) is 0 Å². The van der Waals surface area contributed by atoms with Crippen LogP contribution in [0.25, 0.3) is 11.3 Å². The van der Waals surface area contributed by atoms with Gasteiger partial charge in [-0.1, -0.05) is 35.5 Å². The summed E-state index contributed by atoms with van der Waals surface area (Å²) in [6.45, 7) is 2.80. The summed E-state index contributed by atoms with van der Waals surface area (Å²) in [5.41, 5.74) is 4.79. The standard InChI is InChI=1S/C19H18N2O3/c1-2-23-19(22)17-15-9-8-14-10-20-24-18(14)16(15)12-21(17)11-13-6-4-3-5-7-13/h3-7,10,12H,2,8-9,11H2,1H3. The first-order valence-corrected chi connectivity index (χ1v) is 8.15. The zero-order chi connectivity index (χ0) is 16.5. The minimum Gasteiger partial charge on any atom is -0.461 e. The van der Waals surface area contributed by atoms with E-state index in [1.54, 1.807) is 6.20 Å². The van der Waals surface area contributed by atoms with Crippen LogP contribution < -0.4 is 0 Å². The van der Waals surface area contributed by atoms with Crippen LogP contribution in [-0.4, -0.2) is 22.3 Å². The predicted octanol–water partition coefficient (Wildman–Crippen LogP) is 3.47. The number of rotatable bonds is 4. The Bertz CT molecular complexity index is 877. The minimum absolute atomic E-state index is 0.280. The molecule has 4 rings (SSSR count). The Hall–Kier alpha value is -2.82.